The highest BCUT2D eigenvalue weighted by Crippen LogP contribution is 2.28. The van der Waals surface area contributed by atoms with Gasteiger partial charge in [0.2, 0.25) is 0 Å². The molecule has 7 heteroatoms. The Hall–Kier alpha value is -1.47. The average molecular weight is 397 g/mol. The van der Waals surface area contributed by atoms with E-state index in [-0.39, 0.29) is 12.3 Å². The van der Waals surface area contributed by atoms with E-state index in [4.69, 9.17) is 0 Å². The molecule has 0 aromatic carbocycles. The lowest BCUT2D eigenvalue weighted by Gasteiger charge is -2.21. The Morgan fingerprint density at radius 2 is 1.85 bits per heavy atom. The van der Waals surface area contributed by atoms with E-state index in [9.17, 15) is 19.8 Å². The molecule has 27 heavy (non-hydrogen) atoms. The van der Waals surface area contributed by atoms with Crippen molar-refractivity contribution in [2.75, 3.05) is 0 Å². The minimum atomic E-state index is -1.04. The minimum Gasteiger partial charge on any atom is -0.480 e. The summed E-state index contributed by atoms with van der Waals surface area (Å²) < 4.78 is 0. The number of thiazole rings is 1. The van der Waals surface area contributed by atoms with E-state index in [1.165, 1.54) is 32.1 Å². The number of carboxylic acids is 2. The standard InChI is InChI=1S/C20H32N2O4S/c1-13(2)10-16(19(23)24)22-17(20(25)26)11-15-12-27-18(21-15)9-8-14-6-4-3-5-7-14/h12-14,16-17,22H,3-11H2,1-2H3,(H,23,24)(H,25,26)/t16-,17-/m0/s1. The van der Waals surface area contributed by atoms with E-state index < -0.39 is 24.0 Å². The van der Waals surface area contributed by atoms with Crippen LogP contribution in [0.5, 0.6) is 0 Å². The molecule has 0 radical (unpaired) electrons. The number of hydrogen-bond donors (Lipinski definition) is 3. The van der Waals surface area contributed by atoms with Crippen molar-refractivity contribution < 1.29 is 19.8 Å². The van der Waals surface area contributed by atoms with Gasteiger partial charge in [0.25, 0.3) is 0 Å². The van der Waals surface area contributed by atoms with Gasteiger partial charge in [-0.25, -0.2) is 4.98 Å². The number of rotatable bonds is 11. The van der Waals surface area contributed by atoms with Crippen LogP contribution in [0.15, 0.2) is 5.38 Å². The van der Waals surface area contributed by atoms with Crippen molar-refractivity contribution in [3.8, 4) is 0 Å². The van der Waals surface area contributed by atoms with E-state index in [0.29, 0.717) is 6.42 Å². The molecule has 1 fully saturated rings. The Kier molecular flexibility index (Phi) is 8.70. The third-order valence-electron chi connectivity index (χ3n) is 5.21. The van der Waals surface area contributed by atoms with Crippen LogP contribution in [0.3, 0.4) is 0 Å². The maximum atomic E-state index is 11.6. The van der Waals surface area contributed by atoms with Crippen LogP contribution in [0, 0.1) is 11.8 Å². The summed E-state index contributed by atoms with van der Waals surface area (Å²) in [5, 5.41) is 24.6. The Morgan fingerprint density at radius 1 is 1.19 bits per heavy atom. The lowest BCUT2D eigenvalue weighted by atomic mass is 9.86. The van der Waals surface area contributed by atoms with Crippen molar-refractivity contribution in [3.63, 3.8) is 0 Å². The highest BCUT2D eigenvalue weighted by molar-refractivity contribution is 7.09. The van der Waals surface area contributed by atoms with Crippen molar-refractivity contribution >= 4 is 23.3 Å². The molecular weight excluding hydrogens is 364 g/mol. The zero-order valence-corrected chi connectivity index (χ0v) is 17.1. The second-order valence-corrected chi connectivity index (χ2v) is 9.00. The van der Waals surface area contributed by atoms with Crippen molar-refractivity contribution in [2.24, 2.45) is 11.8 Å². The highest BCUT2D eigenvalue weighted by atomic mass is 32.1. The maximum absolute atomic E-state index is 11.6. The minimum absolute atomic E-state index is 0.165. The molecule has 152 valence electrons. The van der Waals surface area contributed by atoms with Gasteiger partial charge in [0.05, 0.1) is 10.7 Å². The van der Waals surface area contributed by atoms with Crippen LogP contribution in [-0.4, -0.2) is 39.2 Å². The summed E-state index contributed by atoms with van der Waals surface area (Å²) in [4.78, 5) is 27.6. The fourth-order valence-electron chi connectivity index (χ4n) is 3.74. The molecule has 2 atom stereocenters. The van der Waals surface area contributed by atoms with Crippen LogP contribution in [0.1, 0.15) is 69.5 Å². The molecule has 1 aliphatic rings. The topological polar surface area (TPSA) is 99.5 Å². The Morgan fingerprint density at radius 3 is 2.44 bits per heavy atom. The third-order valence-corrected chi connectivity index (χ3v) is 6.17. The quantitative estimate of drug-likeness (QED) is 0.527. The SMILES string of the molecule is CC(C)C[C@H](N[C@@H](Cc1csc(CCC2CCCCC2)n1)C(=O)O)C(=O)O. The predicted octanol–water partition coefficient (Wildman–Crippen LogP) is 3.74. The Bertz CT molecular complexity index is 611. The molecule has 1 saturated carbocycles. The van der Waals surface area contributed by atoms with Gasteiger partial charge in [0.15, 0.2) is 0 Å². The number of aliphatic carboxylic acids is 2. The van der Waals surface area contributed by atoms with Gasteiger partial charge in [0.1, 0.15) is 12.1 Å². The molecule has 1 aromatic rings. The van der Waals surface area contributed by atoms with Gasteiger partial charge in [-0.2, -0.15) is 0 Å². The van der Waals surface area contributed by atoms with Crippen molar-refractivity contribution in [3.05, 3.63) is 16.1 Å². The lowest BCUT2D eigenvalue weighted by molar-refractivity contribution is -0.142. The smallest absolute Gasteiger partial charge is 0.321 e. The van der Waals surface area contributed by atoms with E-state index in [2.05, 4.69) is 10.3 Å². The van der Waals surface area contributed by atoms with Gasteiger partial charge < -0.3 is 10.2 Å². The number of aromatic nitrogens is 1. The predicted molar refractivity (Wildman–Crippen MR) is 106 cm³/mol. The van der Waals surface area contributed by atoms with Gasteiger partial charge in [-0.1, -0.05) is 46.0 Å². The normalized spacial score (nSPS) is 17.7. The molecule has 0 aliphatic heterocycles. The molecule has 0 amide bonds. The first-order chi connectivity index (χ1) is 12.8. The van der Waals surface area contributed by atoms with E-state index in [0.717, 1.165) is 29.5 Å². The van der Waals surface area contributed by atoms with Crippen LogP contribution in [-0.2, 0) is 22.4 Å². The molecule has 1 aliphatic carbocycles. The fraction of sp³-hybridized carbons (Fsp3) is 0.750. The molecule has 1 aromatic heterocycles. The number of nitrogens with zero attached hydrogens (tertiary/aromatic N) is 1. The zero-order chi connectivity index (χ0) is 19.8. The zero-order valence-electron chi connectivity index (χ0n) is 16.3. The molecule has 0 unspecified atom stereocenters. The lowest BCUT2D eigenvalue weighted by Crippen LogP contribution is -2.48. The second-order valence-electron chi connectivity index (χ2n) is 8.06. The number of carbonyl (C=O) groups is 2. The van der Waals surface area contributed by atoms with Crippen molar-refractivity contribution in [1.29, 1.82) is 0 Å². The summed E-state index contributed by atoms with van der Waals surface area (Å²) in [7, 11) is 0. The van der Waals surface area contributed by atoms with Gasteiger partial charge >= 0.3 is 11.9 Å². The van der Waals surface area contributed by atoms with Crippen LogP contribution in [0.4, 0.5) is 0 Å². The van der Waals surface area contributed by atoms with Crippen molar-refractivity contribution in [2.45, 2.75) is 83.7 Å². The summed E-state index contributed by atoms with van der Waals surface area (Å²) >= 11 is 1.58. The van der Waals surface area contributed by atoms with Crippen LogP contribution < -0.4 is 5.32 Å². The van der Waals surface area contributed by atoms with Gasteiger partial charge in [-0.3, -0.25) is 14.9 Å². The third kappa shape index (κ3) is 7.58. The van der Waals surface area contributed by atoms with E-state index >= 15 is 0 Å². The van der Waals surface area contributed by atoms with Crippen LogP contribution >= 0.6 is 11.3 Å². The summed E-state index contributed by atoms with van der Waals surface area (Å²) in [6.07, 6.45) is 9.36. The van der Waals surface area contributed by atoms with Gasteiger partial charge in [-0.05, 0) is 31.1 Å². The van der Waals surface area contributed by atoms with E-state index in [1.807, 2.05) is 19.2 Å². The molecular formula is C20H32N2O4S. The maximum Gasteiger partial charge on any atom is 0.321 e. The fourth-order valence-corrected chi connectivity index (χ4v) is 4.57. The monoisotopic (exact) mass is 396 g/mol. The highest BCUT2D eigenvalue weighted by Gasteiger charge is 2.27. The van der Waals surface area contributed by atoms with Crippen molar-refractivity contribution in [1.82, 2.24) is 10.3 Å². The molecule has 1 heterocycles. The number of carboxylic acid groups (broad SMARTS) is 2. The molecule has 0 spiro atoms. The van der Waals surface area contributed by atoms with Crippen LogP contribution in [0.25, 0.3) is 0 Å². The first-order valence-electron chi connectivity index (χ1n) is 10.00. The first-order valence-corrected chi connectivity index (χ1v) is 10.9. The van der Waals surface area contributed by atoms with E-state index in [1.54, 1.807) is 11.3 Å². The average Bonchev–Trinajstić information content (AvgIpc) is 3.06. The molecule has 6 nitrogen and oxygen atoms in total. The number of aryl methyl sites for hydroxylation is 1. The van der Waals surface area contributed by atoms with Crippen LogP contribution in [0.2, 0.25) is 0 Å². The molecule has 0 saturated heterocycles. The summed E-state index contributed by atoms with van der Waals surface area (Å²) in [5.74, 6) is -1.09. The Labute approximate surface area is 165 Å². The first kappa shape index (κ1) is 21.8. The second kappa shape index (κ2) is 10.8. The summed E-state index contributed by atoms with van der Waals surface area (Å²) in [5.41, 5.74) is 0.729. The molecule has 2 rings (SSSR count). The van der Waals surface area contributed by atoms with Gasteiger partial charge in [0, 0.05) is 11.8 Å². The van der Waals surface area contributed by atoms with Gasteiger partial charge in [-0.15, -0.1) is 11.3 Å². The molecule has 0 bridgehead atoms. The largest absolute Gasteiger partial charge is 0.480 e. The number of hydrogen-bond acceptors (Lipinski definition) is 5. The summed E-state index contributed by atoms with van der Waals surface area (Å²) in [6, 6.07) is -1.81. The number of nitrogens with one attached hydrogen (secondary N) is 1. The summed E-state index contributed by atoms with van der Waals surface area (Å²) in [6.45, 7) is 3.85. The Balaban J connectivity index is 1.90. The molecule has 3 N–H and O–H groups in total.